The van der Waals surface area contributed by atoms with Crippen LogP contribution >= 0.6 is 0 Å². The van der Waals surface area contributed by atoms with Gasteiger partial charge in [-0.15, -0.1) is 0 Å². The van der Waals surface area contributed by atoms with Crippen LogP contribution in [0.3, 0.4) is 0 Å². The van der Waals surface area contributed by atoms with Crippen molar-refractivity contribution in [3.05, 3.63) is 17.5 Å². The lowest BCUT2D eigenvalue weighted by molar-refractivity contribution is 0.169. The molecule has 9 nitrogen and oxygen atoms in total. The monoisotopic (exact) mass is 370 g/mol. The molecule has 1 fully saturated rings. The Morgan fingerprint density at radius 3 is 2.60 bits per heavy atom. The average Bonchev–Trinajstić information content (AvgIpc) is 3.19. The van der Waals surface area contributed by atoms with Gasteiger partial charge in [-0.05, 0) is 25.3 Å². The summed E-state index contributed by atoms with van der Waals surface area (Å²) in [6.07, 6.45) is 2.65. The fourth-order valence-electron chi connectivity index (χ4n) is 3.24. The first-order chi connectivity index (χ1) is 11.9. The molecule has 0 saturated carbocycles. The molecule has 0 aliphatic carbocycles. The second-order valence-electron chi connectivity index (χ2n) is 6.73. The number of amides is 2. The summed E-state index contributed by atoms with van der Waals surface area (Å²) >= 11 is 0. The van der Waals surface area contributed by atoms with Crippen LogP contribution in [0, 0.1) is 0 Å². The molecule has 10 heteroatoms. The van der Waals surface area contributed by atoms with E-state index in [1.807, 2.05) is 10.7 Å². The number of fused-ring (bicyclic) bond motifs is 1. The molecule has 2 amide bonds. The van der Waals surface area contributed by atoms with Crippen LogP contribution in [-0.4, -0.2) is 72.1 Å². The molecular formula is C15H26N6O3S. The van der Waals surface area contributed by atoms with Crippen LogP contribution in [0.15, 0.2) is 6.07 Å². The summed E-state index contributed by atoms with van der Waals surface area (Å²) in [6, 6.07) is 1.86. The zero-order chi connectivity index (χ0) is 18.0. The van der Waals surface area contributed by atoms with Gasteiger partial charge in [0.1, 0.15) is 0 Å². The normalized spacial score (nSPS) is 18.9. The van der Waals surface area contributed by atoms with Crippen molar-refractivity contribution < 1.29 is 13.2 Å². The molecule has 3 heterocycles. The van der Waals surface area contributed by atoms with Gasteiger partial charge < -0.3 is 9.80 Å². The van der Waals surface area contributed by atoms with Crippen LogP contribution in [0.5, 0.6) is 0 Å². The van der Waals surface area contributed by atoms with Gasteiger partial charge in [0.2, 0.25) is 0 Å². The minimum Gasteiger partial charge on any atom is -0.331 e. The molecule has 0 aromatic carbocycles. The molecule has 0 bridgehead atoms. The maximum atomic E-state index is 12.2. The van der Waals surface area contributed by atoms with Crippen LogP contribution < -0.4 is 4.72 Å². The summed E-state index contributed by atoms with van der Waals surface area (Å²) in [5, 5.41) is 4.50. The lowest BCUT2D eigenvalue weighted by Gasteiger charge is -2.24. The Bertz CT molecular complexity index is 724. The average molecular weight is 370 g/mol. The van der Waals surface area contributed by atoms with E-state index in [1.54, 1.807) is 23.9 Å². The highest BCUT2D eigenvalue weighted by Gasteiger charge is 2.26. The molecule has 1 N–H and O–H groups in total. The fourth-order valence-corrected chi connectivity index (χ4v) is 4.49. The van der Waals surface area contributed by atoms with Crippen molar-refractivity contribution in [2.24, 2.45) is 0 Å². The number of aryl methyl sites for hydroxylation is 1. The number of nitrogens with one attached hydrogen (secondary N) is 1. The van der Waals surface area contributed by atoms with Crippen molar-refractivity contribution >= 4 is 16.2 Å². The van der Waals surface area contributed by atoms with Crippen molar-refractivity contribution in [2.75, 3.05) is 33.7 Å². The van der Waals surface area contributed by atoms with Gasteiger partial charge in [0, 0.05) is 40.3 Å². The van der Waals surface area contributed by atoms with Crippen molar-refractivity contribution in [1.29, 1.82) is 0 Å². The maximum Gasteiger partial charge on any atom is 0.319 e. The number of hydrogen-bond acceptors (Lipinski definition) is 4. The van der Waals surface area contributed by atoms with Crippen LogP contribution in [0.2, 0.25) is 0 Å². The van der Waals surface area contributed by atoms with Gasteiger partial charge in [-0.3, -0.25) is 4.68 Å². The van der Waals surface area contributed by atoms with E-state index < -0.39 is 10.2 Å². The minimum absolute atomic E-state index is 0.0223. The molecule has 0 spiro atoms. The summed E-state index contributed by atoms with van der Waals surface area (Å²) in [5.74, 6) is 0. The molecule has 2 aliphatic rings. The second kappa shape index (κ2) is 7.30. The lowest BCUT2D eigenvalue weighted by Crippen LogP contribution is -2.39. The predicted octanol–water partition coefficient (Wildman–Crippen LogP) is 0.201. The van der Waals surface area contributed by atoms with Gasteiger partial charge in [0.25, 0.3) is 10.2 Å². The van der Waals surface area contributed by atoms with Crippen LogP contribution in [0.4, 0.5) is 4.79 Å². The molecule has 1 aromatic rings. The SMILES string of the molecule is CN(C)C(=O)N1CCCn2nc(CNS(=O)(=O)N3CCCC3)cc2C1. The van der Waals surface area contributed by atoms with Crippen molar-refractivity contribution in [2.45, 2.75) is 38.9 Å². The largest absolute Gasteiger partial charge is 0.331 e. The van der Waals surface area contributed by atoms with Crippen LogP contribution in [0.25, 0.3) is 0 Å². The van der Waals surface area contributed by atoms with E-state index in [0.717, 1.165) is 31.5 Å². The number of urea groups is 1. The number of carbonyl (C=O) groups is 1. The Labute approximate surface area is 148 Å². The first-order valence-corrected chi connectivity index (χ1v) is 10.1. The first kappa shape index (κ1) is 18.2. The van der Waals surface area contributed by atoms with Crippen molar-refractivity contribution in [3.63, 3.8) is 0 Å². The van der Waals surface area contributed by atoms with E-state index in [0.29, 0.717) is 31.9 Å². The quantitative estimate of drug-likeness (QED) is 0.820. The molecular weight excluding hydrogens is 344 g/mol. The van der Waals surface area contributed by atoms with E-state index in [4.69, 9.17) is 0 Å². The topological polar surface area (TPSA) is 90.8 Å². The molecule has 2 aliphatic heterocycles. The third kappa shape index (κ3) is 4.13. The summed E-state index contributed by atoms with van der Waals surface area (Å²) < 4.78 is 30.5. The molecule has 25 heavy (non-hydrogen) atoms. The van der Waals surface area contributed by atoms with Gasteiger partial charge in [-0.2, -0.15) is 22.5 Å². The number of hydrogen-bond donors (Lipinski definition) is 1. The van der Waals surface area contributed by atoms with Gasteiger partial charge >= 0.3 is 6.03 Å². The summed E-state index contributed by atoms with van der Waals surface area (Å²) in [7, 11) is 0.0390. The number of nitrogens with zero attached hydrogens (tertiary/aromatic N) is 5. The minimum atomic E-state index is -3.44. The van der Waals surface area contributed by atoms with E-state index in [2.05, 4.69) is 9.82 Å². The molecule has 0 unspecified atom stereocenters. The highest BCUT2D eigenvalue weighted by Crippen LogP contribution is 2.16. The third-order valence-corrected chi connectivity index (χ3v) is 6.11. The third-order valence-electron chi connectivity index (χ3n) is 4.56. The molecule has 1 saturated heterocycles. The Hall–Kier alpha value is -1.65. The van der Waals surface area contributed by atoms with E-state index >= 15 is 0 Å². The van der Waals surface area contributed by atoms with Crippen LogP contribution in [0.1, 0.15) is 30.7 Å². The molecule has 0 radical (unpaired) electrons. The Morgan fingerprint density at radius 2 is 1.92 bits per heavy atom. The van der Waals surface area contributed by atoms with Gasteiger partial charge in [0.05, 0.1) is 24.5 Å². The molecule has 3 rings (SSSR count). The standard InChI is InChI=1S/C15H26N6O3S/c1-18(2)15(22)19-6-5-9-21-14(12-19)10-13(17-21)11-16-25(23,24)20-7-3-4-8-20/h10,16H,3-9,11-12H2,1-2H3. The first-order valence-electron chi connectivity index (χ1n) is 8.63. The molecule has 1 aromatic heterocycles. The zero-order valence-electron chi connectivity index (χ0n) is 14.8. The summed E-state index contributed by atoms with van der Waals surface area (Å²) in [5.41, 5.74) is 1.61. The Morgan fingerprint density at radius 1 is 1.20 bits per heavy atom. The highest BCUT2D eigenvalue weighted by atomic mass is 32.2. The lowest BCUT2D eigenvalue weighted by atomic mass is 10.3. The number of rotatable bonds is 4. The number of aromatic nitrogens is 2. The fraction of sp³-hybridized carbons (Fsp3) is 0.733. The van der Waals surface area contributed by atoms with Crippen LogP contribution in [-0.2, 0) is 29.8 Å². The smallest absolute Gasteiger partial charge is 0.319 e. The number of carbonyl (C=O) groups excluding carboxylic acids is 1. The second-order valence-corrected chi connectivity index (χ2v) is 8.49. The molecule has 140 valence electrons. The van der Waals surface area contributed by atoms with Gasteiger partial charge in [-0.25, -0.2) is 4.79 Å². The van der Waals surface area contributed by atoms with Gasteiger partial charge in [0.15, 0.2) is 0 Å². The highest BCUT2D eigenvalue weighted by molar-refractivity contribution is 7.87. The predicted molar refractivity (Wildman–Crippen MR) is 92.9 cm³/mol. The van der Waals surface area contributed by atoms with Gasteiger partial charge in [-0.1, -0.05) is 0 Å². The van der Waals surface area contributed by atoms with Crippen molar-refractivity contribution in [3.8, 4) is 0 Å². The Balaban J connectivity index is 1.66. The Kier molecular flexibility index (Phi) is 5.30. The van der Waals surface area contributed by atoms with E-state index in [9.17, 15) is 13.2 Å². The van der Waals surface area contributed by atoms with Crippen molar-refractivity contribution in [1.82, 2.24) is 28.6 Å². The molecule has 0 atom stereocenters. The zero-order valence-corrected chi connectivity index (χ0v) is 15.6. The maximum absolute atomic E-state index is 12.2. The van der Waals surface area contributed by atoms with E-state index in [1.165, 1.54) is 4.31 Å². The summed E-state index contributed by atoms with van der Waals surface area (Å²) in [6.45, 7) is 3.24. The van der Waals surface area contributed by atoms with E-state index in [-0.39, 0.29) is 12.6 Å². The summed E-state index contributed by atoms with van der Waals surface area (Å²) in [4.78, 5) is 15.6.